The van der Waals surface area contributed by atoms with Crippen LogP contribution in [0.25, 0.3) is 22.0 Å². The molecule has 2 aromatic heterocycles. The van der Waals surface area contributed by atoms with Crippen LogP contribution >= 0.6 is 11.6 Å². The topological polar surface area (TPSA) is 81.2 Å². The van der Waals surface area contributed by atoms with Gasteiger partial charge in [0.1, 0.15) is 17.0 Å². The highest BCUT2D eigenvalue weighted by Gasteiger charge is 2.20. The van der Waals surface area contributed by atoms with Crippen molar-refractivity contribution in [1.82, 2.24) is 9.55 Å². The van der Waals surface area contributed by atoms with Crippen LogP contribution in [0.3, 0.4) is 0 Å². The third kappa shape index (κ3) is 3.94. The number of hydrogen-bond acceptors (Lipinski definition) is 4. The van der Waals surface area contributed by atoms with Gasteiger partial charge in [0.2, 0.25) is 0 Å². The molecule has 0 aliphatic heterocycles. The minimum Gasteiger partial charge on any atom is -0.457 e. The van der Waals surface area contributed by atoms with Crippen LogP contribution in [-0.2, 0) is 23.3 Å². The molecule has 8 heteroatoms. The summed E-state index contributed by atoms with van der Waals surface area (Å²) in [5.74, 6) is 1.06. The van der Waals surface area contributed by atoms with Crippen molar-refractivity contribution in [3.8, 4) is 22.6 Å². The Morgan fingerprint density at radius 3 is 2.56 bits per heavy atom. The number of rotatable bonds is 6. The molecule has 2 aromatic carbocycles. The highest BCUT2D eigenvalue weighted by molar-refractivity contribution is 7.91. The smallest absolute Gasteiger partial charge is 0.272 e. The molecule has 0 radical (unpaired) electrons. The molecule has 2 heterocycles. The van der Waals surface area contributed by atoms with E-state index in [2.05, 4.69) is 4.98 Å². The van der Waals surface area contributed by atoms with Gasteiger partial charge < -0.3 is 14.3 Å². The Kier molecular flexibility index (Phi) is 5.88. The van der Waals surface area contributed by atoms with Crippen molar-refractivity contribution < 1.29 is 13.2 Å². The zero-order chi connectivity index (χ0) is 23.0. The van der Waals surface area contributed by atoms with Crippen LogP contribution in [0.5, 0.6) is 11.5 Å². The second-order valence-corrected chi connectivity index (χ2v) is 10.2. The van der Waals surface area contributed by atoms with Crippen molar-refractivity contribution in [2.24, 2.45) is 7.05 Å². The Balaban J connectivity index is 1.95. The molecule has 0 atom stereocenters. The van der Waals surface area contributed by atoms with Gasteiger partial charge in [0.15, 0.2) is 9.84 Å². The SMILES string of the molecule is CCc1cc(Oc2ccc(S(=O)(=O)CC)cc2-c2cn(C)c3c(=O)[nH]ccc23)ccc1Cl. The lowest BCUT2D eigenvalue weighted by atomic mass is 10.0. The lowest BCUT2D eigenvalue weighted by Gasteiger charge is -2.14. The molecule has 0 aliphatic rings. The van der Waals surface area contributed by atoms with Crippen molar-refractivity contribution in [1.29, 1.82) is 0 Å². The number of aromatic amines is 1. The molecule has 0 fully saturated rings. The van der Waals surface area contributed by atoms with Gasteiger partial charge in [0.05, 0.1) is 10.6 Å². The number of aromatic nitrogens is 2. The standard InChI is InChI=1S/C24H23ClN2O4S/c1-4-15-12-16(6-8-21(15)25)31-22-9-7-17(32(29,30)5-2)13-19(22)20-14-27(3)23-18(20)10-11-26-24(23)28/h6-14H,4-5H2,1-3H3,(H,26,28). The molecule has 0 unspecified atom stereocenters. The Labute approximate surface area is 191 Å². The quantitative estimate of drug-likeness (QED) is 0.412. The Morgan fingerprint density at radius 1 is 1.06 bits per heavy atom. The summed E-state index contributed by atoms with van der Waals surface area (Å²) in [5.41, 5.74) is 2.52. The van der Waals surface area contributed by atoms with E-state index in [1.165, 1.54) is 0 Å². The van der Waals surface area contributed by atoms with Gasteiger partial charge in [-0.3, -0.25) is 4.79 Å². The fourth-order valence-corrected chi connectivity index (χ4v) is 4.92. The van der Waals surface area contributed by atoms with Crippen molar-refractivity contribution in [3.05, 3.63) is 75.8 Å². The Morgan fingerprint density at radius 2 is 1.84 bits per heavy atom. The molecule has 0 spiro atoms. The molecule has 166 valence electrons. The number of sulfone groups is 1. The van der Waals surface area contributed by atoms with E-state index in [1.54, 1.807) is 61.1 Å². The number of benzene rings is 2. The Bertz CT molecular complexity index is 1490. The molecule has 0 bridgehead atoms. The summed E-state index contributed by atoms with van der Waals surface area (Å²) in [7, 11) is -1.66. The van der Waals surface area contributed by atoms with Gasteiger partial charge in [-0.05, 0) is 54.4 Å². The molecule has 1 N–H and O–H groups in total. The first-order chi connectivity index (χ1) is 15.2. The molecule has 4 aromatic rings. The second kappa shape index (κ2) is 8.48. The van der Waals surface area contributed by atoms with Gasteiger partial charge in [-0.25, -0.2) is 8.42 Å². The van der Waals surface area contributed by atoms with E-state index >= 15 is 0 Å². The minimum atomic E-state index is -3.44. The predicted molar refractivity (Wildman–Crippen MR) is 128 cm³/mol. The molecule has 0 aliphatic carbocycles. The van der Waals surface area contributed by atoms with Crippen LogP contribution in [0.4, 0.5) is 0 Å². The van der Waals surface area contributed by atoms with E-state index in [0.29, 0.717) is 38.6 Å². The van der Waals surface area contributed by atoms with Gasteiger partial charge in [-0.1, -0.05) is 25.4 Å². The molecule has 6 nitrogen and oxygen atoms in total. The number of aryl methyl sites for hydroxylation is 2. The van der Waals surface area contributed by atoms with Gasteiger partial charge in [-0.15, -0.1) is 0 Å². The summed E-state index contributed by atoms with van der Waals surface area (Å²) in [6.45, 7) is 3.62. The van der Waals surface area contributed by atoms with Crippen LogP contribution < -0.4 is 10.3 Å². The maximum Gasteiger partial charge on any atom is 0.272 e. The highest BCUT2D eigenvalue weighted by Crippen LogP contribution is 2.39. The number of halogens is 1. The average molecular weight is 471 g/mol. The first kappa shape index (κ1) is 22.2. The zero-order valence-corrected chi connectivity index (χ0v) is 19.5. The van der Waals surface area contributed by atoms with Crippen LogP contribution in [0.1, 0.15) is 19.4 Å². The molecule has 32 heavy (non-hydrogen) atoms. The fraction of sp³-hybridized carbons (Fsp3) is 0.208. The minimum absolute atomic E-state index is 0.0150. The van der Waals surface area contributed by atoms with Crippen molar-refractivity contribution in [2.45, 2.75) is 25.2 Å². The molecule has 0 amide bonds. The second-order valence-electron chi connectivity index (χ2n) is 7.49. The van der Waals surface area contributed by atoms with Crippen LogP contribution in [0.2, 0.25) is 5.02 Å². The lowest BCUT2D eigenvalue weighted by molar-refractivity contribution is 0.483. The maximum atomic E-state index is 12.6. The maximum absolute atomic E-state index is 12.6. The van der Waals surface area contributed by atoms with Crippen LogP contribution in [0, 0.1) is 0 Å². The van der Waals surface area contributed by atoms with E-state index in [-0.39, 0.29) is 16.2 Å². The number of ether oxygens (including phenoxy) is 1. The summed E-state index contributed by atoms with van der Waals surface area (Å²) in [6, 6.07) is 12.0. The molecular weight excluding hydrogens is 448 g/mol. The van der Waals surface area contributed by atoms with Crippen molar-refractivity contribution in [3.63, 3.8) is 0 Å². The number of fused-ring (bicyclic) bond motifs is 1. The van der Waals surface area contributed by atoms with E-state index in [9.17, 15) is 13.2 Å². The highest BCUT2D eigenvalue weighted by atomic mass is 35.5. The van der Waals surface area contributed by atoms with Gasteiger partial charge in [-0.2, -0.15) is 0 Å². The van der Waals surface area contributed by atoms with E-state index < -0.39 is 9.84 Å². The third-order valence-electron chi connectivity index (χ3n) is 5.51. The summed E-state index contributed by atoms with van der Waals surface area (Å²) < 4.78 is 33.1. The summed E-state index contributed by atoms with van der Waals surface area (Å²) >= 11 is 6.24. The monoisotopic (exact) mass is 470 g/mol. The fourth-order valence-electron chi connectivity index (χ4n) is 3.76. The first-order valence-electron chi connectivity index (χ1n) is 10.2. The Hall–Kier alpha value is -3.03. The number of nitrogens with one attached hydrogen (secondary N) is 1. The van der Waals surface area contributed by atoms with Crippen LogP contribution in [0.15, 0.2) is 64.5 Å². The number of hydrogen-bond donors (Lipinski definition) is 1. The van der Waals surface area contributed by atoms with Crippen molar-refractivity contribution >= 4 is 32.3 Å². The van der Waals surface area contributed by atoms with Crippen molar-refractivity contribution in [2.75, 3.05) is 5.75 Å². The first-order valence-corrected chi connectivity index (χ1v) is 12.3. The molecule has 4 rings (SSSR count). The average Bonchev–Trinajstić information content (AvgIpc) is 3.12. The summed E-state index contributed by atoms with van der Waals surface area (Å²) in [6.07, 6.45) is 4.14. The number of pyridine rings is 1. The van der Waals surface area contributed by atoms with Gasteiger partial charge in [0.25, 0.3) is 5.56 Å². The predicted octanol–water partition coefficient (Wildman–Crippen LogP) is 5.34. The van der Waals surface area contributed by atoms with Crippen LogP contribution in [-0.4, -0.2) is 23.7 Å². The normalized spacial score (nSPS) is 11.8. The van der Waals surface area contributed by atoms with E-state index in [1.807, 2.05) is 19.2 Å². The van der Waals surface area contributed by atoms with E-state index in [4.69, 9.17) is 16.3 Å². The lowest BCUT2D eigenvalue weighted by Crippen LogP contribution is -2.07. The molecular formula is C24H23ClN2O4S. The number of nitrogens with zero attached hydrogens (tertiary/aromatic N) is 1. The number of H-pyrrole nitrogens is 1. The molecule has 0 saturated heterocycles. The van der Waals surface area contributed by atoms with Gasteiger partial charge in [0, 0.05) is 41.0 Å². The van der Waals surface area contributed by atoms with E-state index in [0.717, 1.165) is 12.0 Å². The summed E-state index contributed by atoms with van der Waals surface area (Å²) in [5, 5.41) is 1.37. The van der Waals surface area contributed by atoms with Gasteiger partial charge >= 0.3 is 0 Å². The third-order valence-corrected chi connectivity index (χ3v) is 7.61. The molecule has 0 saturated carbocycles. The zero-order valence-electron chi connectivity index (χ0n) is 18.0. The largest absolute Gasteiger partial charge is 0.457 e. The summed E-state index contributed by atoms with van der Waals surface area (Å²) in [4.78, 5) is 15.3.